The lowest BCUT2D eigenvalue weighted by molar-refractivity contribution is -0.191. The summed E-state index contributed by atoms with van der Waals surface area (Å²) in [6.07, 6.45) is -0.772. The maximum absolute atomic E-state index is 12.9. The van der Waals surface area contributed by atoms with Gasteiger partial charge in [0.05, 0.1) is 24.9 Å². The molecule has 2 bridgehead atoms. The van der Waals surface area contributed by atoms with Crippen LogP contribution in [0.25, 0.3) is 0 Å². The minimum absolute atomic E-state index is 0.0104. The molecule has 7 heteroatoms. The van der Waals surface area contributed by atoms with E-state index in [1.54, 1.807) is 13.0 Å². The summed E-state index contributed by atoms with van der Waals surface area (Å²) >= 11 is 0. The zero-order chi connectivity index (χ0) is 21.3. The van der Waals surface area contributed by atoms with Crippen molar-refractivity contribution in [2.75, 3.05) is 6.61 Å². The molecule has 2 N–H and O–H groups in total. The number of hydrogen-bond donors (Lipinski definition) is 2. The summed E-state index contributed by atoms with van der Waals surface area (Å²) in [5.41, 5.74) is -1.52. The molecular weight excluding hydrogens is 376 g/mol. The lowest BCUT2D eigenvalue weighted by atomic mass is 9.62. The van der Waals surface area contributed by atoms with Crippen molar-refractivity contribution < 1.29 is 34.0 Å². The van der Waals surface area contributed by atoms with Gasteiger partial charge in [-0.05, 0) is 32.8 Å². The molecule has 0 radical (unpaired) electrons. The summed E-state index contributed by atoms with van der Waals surface area (Å²) in [4.78, 5) is 24.6. The van der Waals surface area contributed by atoms with Crippen LogP contribution < -0.4 is 0 Å². The van der Waals surface area contributed by atoms with Crippen molar-refractivity contribution in [1.82, 2.24) is 0 Å². The first-order chi connectivity index (χ1) is 13.5. The largest absolute Gasteiger partial charge is 0.459 e. The molecule has 7 nitrogen and oxygen atoms in total. The van der Waals surface area contributed by atoms with Crippen molar-refractivity contribution in [2.24, 2.45) is 23.7 Å². The summed E-state index contributed by atoms with van der Waals surface area (Å²) in [6.45, 7) is 9.01. The number of fused-ring (bicyclic) bond motifs is 2. The van der Waals surface area contributed by atoms with Crippen LogP contribution in [0, 0.1) is 23.7 Å². The lowest BCUT2D eigenvalue weighted by Gasteiger charge is -2.43. The zero-order valence-corrected chi connectivity index (χ0v) is 17.8. The highest BCUT2D eigenvalue weighted by molar-refractivity contribution is 5.94. The molecule has 3 fully saturated rings. The molecule has 3 heterocycles. The van der Waals surface area contributed by atoms with Crippen LogP contribution in [0.1, 0.15) is 47.5 Å². The predicted molar refractivity (Wildman–Crippen MR) is 103 cm³/mol. The Morgan fingerprint density at radius 1 is 1.31 bits per heavy atom. The molecule has 1 aliphatic carbocycles. The number of hydrogen-bond acceptors (Lipinski definition) is 7. The first-order valence-electron chi connectivity index (χ1n) is 10.5. The first kappa shape index (κ1) is 21.0. The van der Waals surface area contributed by atoms with Crippen molar-refractivity contribution >= 4 is 11.8 Å². The topological polar surface area (TPSA) is 102 Å². The minimum atomic E-state index is -1.39. The van der Waals surface area contributed by atoms with Gasteiger partial charge in [-0.2, -0.15) is 0 Å². The average Bonchev–Trinajstić information content (AvgIpc) is 2.92. The van der Waals surface area contributed by atoms with Crippen LogP contribution in [0.4, 0.5) is 0 Å². The van der Waals surface area contributed by atoms with Gasteiger partial charge >= 0.3 is 5.97 Å². The van der Waals surface area contributed by atoms with E-state index < -0.39 is 35.5 Å². The maximum Gasteiger partial charge on any atom is 0.303 e. The number of aliphatic hydroxyl groups is 2. The fourth-order valence-electron chi connectivity index (χ4n) is 6.15. The molecule has 0 aromatic rings. The summed E-state index contributed by atoms with van der Waals surface area (Å²) in [5, 5.41) is 22.5. The number of rotatable bonds is 1. The van der Waals surface area contributed by atoms with Gasteiger partial charge in [0, 0.05) is 37.5 Å². The van der Waals surface area contributed by atoms with E-state index in [2.05, 4.69) is 0 Å². The number of ketones is 1. The number of carbonyl (C=O) groups is 2. The molecule has 162 valence electrons. The van der Waals surface area contributed by atoms with Gasteiger partial charge in [-0.15, -0.1) is 0 Å². The third kappa shape index (κ3) is 3.17. The van der Waals surface area contributed by atoms with Gasteiger partial charge in [-0.3, -0.25) is 9.59 Å². The van der Waals surface area contributed by atoms with Crippen molar-refractivity contribution in [3.63, 3.8) is 0 Å². The monoisotopic (exact) mass is 408 g/mol. The van der Waals surface area contributed by atoms with Crippen LogP contribution in [-0.2, 0) is 23.8 Å². The van der Waals surface area contributed by atoms with Crippen LogP contribution in [0.15, 0.2) is 11.6 Å². The fourth-order valence-corrected chi connectivity index (χ4v) is 6.15. The van der Waals surface area contributed by atoms with Crippen molar-refractivity contribution in [3.8, 4) is 0 Å². The Bertz CT molecular complexity index is 743. The lowest BCUT2D eigenvalue weighted by Crippen LogP contribution is -2.57. The van der Waals surface area contributed by atoms with E-state index in [9.17, 15) is 19.8 Å². The molecular formula is C22H32O7. The zero-order valence-electron chi connectivity index (χ0n) is 17.8. The molecule has 0 aromatic heterocycles. The summed E-state index contributed by atoms with van der Waals surface area (Å²) in [7, 11) is 0. The number of allylic oxidation sites excluding steroid dienone is 1. The molecule has 10 atom stereocenters. The molecule has 29 heavy (non-hydrogen) atoms. The smallest absolute Gasteiger partial charge is 0.303 e. The van der Waals surface area contributed by atoms with Gasteiger partial charge in [-0.25, -0.2) is 0 Å². The Morgan fingerprint density at radius 3 is 2.66 bits per heavy atom. The third-order valence-electron chi connectivity index (χ3n) is 7.68. The number of esters is 1. The van der Waals surface area contributed by atoms with Gasteiger partial charge in [0.1, 0.15) is 17.3 Å². The van der Waals surface area contributed by atoms with Crippen LogP contribution in [-0.4, -0.2) is 64.2 Å². The summed E-state index contributed by atoms with van der Waals surface area (Å²) in [5.74, 6) is -0.832. The van der Waals surface area contributed by atoms with Gasteiger partial charge in [0.25, 0.3) is 0 Å². The van der Waals surface area contributed by atoms with E-state index in [1.807, 2.05) is 20.8 Å². The molecule has 4 rings (SSSR count). The second-order valence-electron chi connectivity index (χ2n) is 9.90. The second-order valence-corrected chi connectivity index (χ2v) is 9.90. The van der Waals surface area contributed by atoms with Crippen LogP contribution in [0.3, 0.4) is 0 Å². The van der Waals surface area contributed by atoms with Crippen molar-refractivity contribution in [3.05, 3.63) is 11.6 Å². The highest BCUT2D eigenvalue weighted by Gasteiger charge is 2.64. The number of ether oxygens (including phenoxy) is 3. The van der Waals surface area contributed by atoms with Crippen molar-refractivity contribution in [2.45, 2.75) is 83.1 Å². The Labute approximate surface area is 171 Å². The SMILES string of the molecule is CC(=O)O[C@H]1C[C@@H](O)[C@]2(C)OC[C@@H](C)[C@@H]3C(=O)C=C(C)[C@H]4[C@@H]3[C@@H]2O[C@H]4C[C@@]1(C)O. The van der Waals surface area contributed by atoms with Crippen LogP contribution in [0.5, 0.6) is 0 Å². The van der Waals surface area contributed by atoms with E-state index in [1.165, 1.54) is 6.92 Å². The van der Waals surface area contributed by atoms with E-state index in [-0.39, 0.29) is 48.4 Å². The molecule has 0 amide bonds. The Kier molecular flexibility index (Phi) is 4.97. The van der Waals surface area contributed by atoms with Crippen LogP contribution in [0.2, 0.25) is 0 Å². The van der Waals surface area contributed by atoms with E-state index in [4.69, 9.17) is 14.2 Å². The molecule has 3 saturated heterocycles. The van der Waals surface area contributed by atoms with Crippen molar-refractivity contribution in [1.29, 1.82) is 0 Å². The Balaban J connectivity index is 1.85. The molecule has 0 spiro atoms. The minimum Gasteiger partial charge on any atom is -0.459 e. The second kappa shape index (κ2) is 6.87. The first-order valence-corrected chi connectivity index (χ1v) is 10.5. The standard InChI is InChI=1S/C22H32O7/c1-10-6-13(24)17-11(2)9-27-22(5)15(25)7-16(28-12(3)23)21(4,26)8-14-18(10)19(17)20(22)29-14/h6,11,14-20,25-26H,7-9H2,1-5H3/t11-,14+,15-,16+,17-,18-,19-,20+,21-,22+/m1/s1. The van der Waals surface area contributed by atoms with Gasteiger partial charge in [-0.1, -0.05) is 12.5 Å². The highest BCUT2D eigenvalue weighted by Crippen LogP contribution is 2.55. The Hall–Kier alpha value is -1.28. The normalized spacial score (nSPS) is 52.0. The quantitative estimate of drug-likeness (QED) is 0.632. The van der Waals surface area contributed by atoms with E-state index >= 15 is 0 Å². The van der Waals surface area contributed by atoms with Crippen LogP contribution >= 0.6 is 0 Å². The maximum atomic E-state index is 12.9. The molecule has 3 aliphatic heterocycles. The van der Waals surface area contributed by atoms with Gasteiger partial charge in [0.2, 0.25) is 0 Å². The Morgan fingerprint density at radius 2 is 2.00 bits per heavy atom. The van der Waals surface area contributed by atoms with E-state index in [0.29, 0.717) is 6.61 Å². The average molecular weight is 408 g/mol. The summed E-state index contributed by atoms with van der Waals surface area (Å²) in [6, 6.07) is 0. The molecule has 4 aliphatic rings. The molecule has 0 unspecified atom stereocenters. The van der Waals surface area contributed by atoms with Gasteiger partial charge in [0.15, 0.2) is 5.78 Å². The fraction of sp³-hybridized carbons (Fsp3) is 0.818. The third-order valence-corrected chi connectivity index (χ3v) is 7.68. The number of aliphatic hydroxyl groups excluding tert-OH is 1. The predicted octanol–water partition coefficient (Wildman–Crippen LogP) is 1.39. The molecule has 0 saturated carbocycles. The number of carbonyl (C=O) groups excluding carboxylic acids is 2. The van der Waals surface area contributed by atoms with Gasteiger partial charge < -0.3 is 24.4 Å². The highest BCUT2D eigenvalue weighted by atomic mass is 16.6. The van der Waals surface area contributed by atoms with E-state index in [0.717, 1.165) is 5.57 Å². The summed E-state index contributed by atoms with van der Waals surface area (Å²) < 4.78 is 18.2. The molecule has 0 aromatic carbocycles.